The Morgan fingerprint density at radius 3 is 2.22 bits per heavy atom. The van der Waals surface area contributed by atoms with Crippen molar-refractivity contribution in [1.29, 1.82) is 0 Å². The summed E-state index contributed by atoms with van der Waals surface area (Å²) < 4.78 is 0. The van der Waals surface area contributed by atoms with Gasteiger partial charge in [0.2, 0.25) is 0 Å². The van der Waals surface area contributed by atoms with Crippen molar-refractivity contribution in [2.75, 3.05) is 25.0 Å². The molecule has 0 saturated heterocycles. The van der Waals surface area contributed by atoms with Gasteiger partial charge in [-0.1, -0.05) is 20.8 Å². The van der Waals surface area contributed by atoms with Crippen molar-refractivity contribution < 1.29 is 0 Å². The zero-order valence-corrected chi connectivity index (χ0v) is 12.7. The third-order valence-electron chi connectivity index (χ3n) is 3.11. The minimum absolute atomic E-state index is 0.0889. The van der Waals surface area contributed by atoms with Gasteiger partial charge in [0.15, 0.2) is 0 Å². The number of aromatic nitrogens is 1. The number of hydrogen-bond acceptors (Lipinski definition) is 3. The second-order valence-corrected chi connectivity index (χ2v) is 5.67. The number of nitrogens with zero attached hydrogens (tertiary/aromatic N) is 2. The highest BCUT2D eigenvalue weighted by Gasteiger charge is 2.18. The Balaban J connectivity index is 3.21. The molecule has 0 saturated carbocycles. The van der Waals surface area contributed by atoms with Crippen LogP contribution in [-0.2, 0) is 12.0 Å². The van der Waals surface area contributed by atoms with E-state index in [2.05, 4.69) is 57.0 Å². The summed E-state index contributed by atoms with van der Waals surface area (Å²) in [5.74, 6) is 1.10. The van der Waals surface area contributed by atoms with E-state index in [-0.39, 0.29) is 5.41 Å². The molecule has 0 spiro atoms. The highest BCUT2D eigenvalue weighted by atomic mass is 15.2. The van der Waals surface area contributed by atoms with Crippen LogP contribution in [0.5, 0.6) is 0 Å². The average Bonchev–Trinajstić information content (AvgIpc) is 2.29. The summed E-state index contributed by atoms with van der Waals surface area (Å²) >= 11 is 0. The van der Waals surface area contributed by atoms with E-state index in [1.165, 1.54) is 5.56 Å². The van der Waals surface area contributed by atoms with Crippen LogP contribution in [0.15, 0.2) is 12.1 Å². The summed E-state index contributed by atoms with van der Waals surface area (Å²) in [6.07, 6.45) is 0. The first kappa shape index (κ1) is 15.0. The van der Waals surface area contributed by atoms with Crippen LogP contribution in [0.3, 0.4) is 0 Å². The lowest BCUT2D eigenvalue weighted by atomic mass is 9.90. The van der Waals surface area contributed by atoms with Gasteiger partial charge >= 0.3 is 0 Å². The highest BCUT2D eigenvalue weighted by molar-refractivity contribution is 5.43. The molecule has 102 valence electrons. The van der Waals surface area contributed by atoms with Crippen LogP contribution in [0.1, 0.15) is 45.9 Å². The molecule has 1 rings (SSSR count). The molecule has 0 fully saturated rings. The molecule has 1 N–H and O–H groups in total. The summed E-state index contributed by atoms with van der Waals surface area (Å²) in [6, 6.07) is 4.40. The maximum atomic E-state index is 4.83. The second kappa shape index (κ2) is 6.19. The van der Waals surface area contributed by atoms with E-state index < -0.39 is 0 Å². The van der Waals surface area contributed by atoms with E-state index in [1.54, 1.807) is 0 Å². The Morgan fingerprint density at radius 1 is 1.17 bits per heavy atom. The summed E-state index contributed by atoms with van der Waals surface area (Å²) in [4.78, 5) is 7.13. The first-order chi connectivity index (χ1) is 8.42. The van der Waals surface area contributed by atoms with Crippen LogP contribution in [-0.4, -0.2) is 25.1 Å². The number of anilines is 1. The van der Waals surface area contributed by atoms with E-state index in [1.807, 2.05) is 7.05 Å². The number of pyridine rings is 1. The van der Waals surface area contributed by atoms with E-state index in [9.17, 15) is 0 Å². The van der Waals surface area contributed by atoms with Crippen molar-refractivity contribution in [3.8, 4) is 0 Å². The molecule has 0 aromatic carbocycles. The standard InChI is InChI=1S/C15H27N3/c1-7-18(8-2)14-10-12(11-16-6)9-13(17-14)15(3,4)5/h9-10,16H,7-8,11H2,1-6H3. The molecular formula is C15H27N3. The molecule has 0 aliphatic carbocycles. The predicted molar refractivity (Wildman–Crippen MR) is 79.3 cm³/mol. The van der Waals surface area contributed by atoms with E-state index >= 15 is 0 Å². The molecule has 0 radical (unpaired) electrons. The topological polar surface area (TPSA) is 28.2 Å². The van der Waals surface area contributed by atoms with E-state index in [0.29, 0.717) is 0 Å². The first-order valence-electron chi connectivity index (χ1n) is 6.83. The van der Waals surface area contributed by atoms with Gasteiger partial charge in [0.25, 0.3) is 0 Å². The quantitative estimate of drug-likeness (QED) is 0.869. The van der Waals surface area contributed by atoms with Gasteiger partial charge in [0, 0.05) is 30.7 Å². The Bertz CT molecular complexity index is 376. The smallest absolute Gasteiger partial charge is 0.129 e. The zero-order chi connectivity index (χ0) is 13.8. The predicted octanol–water partition coefficient (Wildman–Crippen LogP) is 2.94. The van der Waals surface area contributed by atoms with Crippen LogP contribution >= 0.6 is 0 Å². The van der Waals surface area contributed by atoms with Crippen LogP contribution < -0.4 is 10.2 Å². The molecule has 1 heterocycles. The minimum atomic E-state index is 0.0889. The highest BCUT2D eigenvalue weighted by Crippen LogP contribution is 2.24. The molecular weight excluding hydrogens is 222 g/mol. The normalized spacial score (nSPS) is 11.7. The monoisotopic (exact) mass is 249 g/mol. The Kier molecular flexibility index (Phi) is 5.15. The lowest BCUT2D eigenvalue weighted by Crippen LogP contribution is -2.25. The Morgan fingerprint density at radius 2 is 1.78 bits per heavy atom. The molecule has 0 bridgehead atoms. The third kappa shape index (κ3) is 3.70. The molecule has 0 unspecified atom stereocenters. The van der Waals surface area contributed by atoms with E-state index in [0.717, 1.165) is 31.1 Å². The number of nitrogens with one attached hydrogen (secondary N) is 1. The van der Waals surface area contributed by atoms with Crippen molar-refractivity contribution in [3.63, 3.8) is 0 Å². The van der Waals surface area contributed by atoms with Gasteiger partial charge in [-0.15, -0.1) is 0 Å². The molecule has 1 aromatic heterocycles. The number of rotatable bonds is 5. The summed E-state index contributed by atoms with van der Waals surface area (Å²) in [5.41, 5.74) is 2.56. The second-order valence-electron chi connectivity index (χ2n) is 5.67. The fourth-order valence-corrected chi connectivity index (χ4v) is 1.97. The van der Waals surface area contributed by atoms with Crippen LogP contribution in [0.25, 0.3) is 0 Å². The van der Waals surface area contributed by atoms with Gasteiger partial charge in [-0.3, -0.25) is 0 Å². The number of hydrogen-bond donors (Lipinski definition) is 1. The van der Waals surface area contributed by atoms with Crippen molar-refractivity contribution in [2.24, 2.45) is 0 Å². The van der Waals surface area contributed by atoms with Crippen molar-refractivity contribution in [3.05, 3.63) is 23.4 Å². The fraction of sp³-hybridized carbons (Fsp3) is 0.667. The first-order valence-corrected chi connectivity index (χ1v) is 6.83. The Hall–Kier alpha value is -1.09. The van der Waals surface area contributed by atoms with Gasteiger partial charge in [0.1, 0.15) is 5.82 Å². The minimum Gasteiger partial charge on any atom is -0.357 e. The molecule has 3 nitrogen and oxygen atoms in total. The van der Waals surface area contributed by atoms with E-state index in [4.69, 9.17) is 4.98 Å². The molecule has 0 amide bonds. The van der Waals surface area contributed by atoms with Crippen molar-refractivity contribution >= 4 is 5.82 Å². The van der Waals surface area contributed by atoms with Crippen LogP contribution in [0.2, 0.25) is 0 Å². The summed E-state index contributed by atoms with van der Waals surface area (Å²) in [6.45, 7) is 13.9. The van der Waals surface area contributed by atoms with Crippen molar-refractivity contribution in [2.45, 2.75) is 46.6 Å². The lowest BCUT2D eigenvalue weighted by Gasteiger charge is -2.25. The maximum absolute atomic E-state index is 4.83. The summed E-state index contributed by atoms with van der Waals surface area (Å²) in [7, 11) is 1.98. The third-order valence-corrected chi connectivity index (χ3v) is 3.11. The average molecular weight is 249 g/mol. The maximum Gasteiger partial charge on any atom is 0.129 e. The van der Waals surface area contributed by atoms with Crippen molar-refractivity contribution in [1.82, 2.24) is 10.3 Å². The molecule has 1 aromatic rings. The Labute approximate surface area is 112 Å². The molecule has 0 aliphatic heterocycles. The van der Waals surface area contributed by atoms with Gasteiger partial charge in [0.05, 0.1) is 0 Å². The molecule has 0 atom stereocenters. The van der Waals surface area contributed by atoms with Gasteiger partial charge in [-0.05, 0) is 38.6 Å². The van der Waals surface area contributed by atoms with Gasteiger partial charge < -0.3 is 10.2 Å². The van der Waals surface area contributed by atoms with Crippen LogP contribution in [0, 0.1) is 0 Å². The molecule has 3 heteroatoms. The largest absolute Gasteiger partial charge is 0.357 e. The van der Waals surface area contributed by atoms with Crippen LogP contribution in [0.4, 0.5) is 5.82 Å². The molecule has 18 heavy (non-hydrogen) atoms. The SMILES string of the molecule is CCN(CC)c1cc(CNC)cc(C(C)(C)C)n1. The molecule has 0 aliphatic rings. The summed E-state index contributed by atoms with van der Waals surface area (Å²) in [5, 5.41) is 3.22. The lowest BCUT2D eigenvalue weighted by molar-refractivity contribution is 0.566. The van der Waals surface area contributed by atoms with Gasteiger partial charge in [-0.2, -0.15) is 0 Å². The fourth-order valence-electron chi connectivity index (χ4n) is 1.97. The zero-order valence-electron chi connectivity index (χ0n) is 12.7. The van der Waals surface area contributed by atoms with Gasteiger partial charge in [-0.25, -0.2) is 4.98 Å².